The first kappa shape index (κ1) is 22.3. The van der Waals surface area contributed by atoms with Crippen LogP contribution in [0.4, 0.5) is 5.69 Å². The van der Waals surface area contributed by atoms with Crippen molar-refractivity contribution in [1.29, 1.82) is 0 Å². The van der Waals surface area contributed by atoms with E-state index >= 15 is 0 Å². The van der Waals surface area contributed by atoms with Gasteiger partial charge in [0.05, 0.1) is 5.75 Å². The third-order valence-corrected chi connectivity index (χ3v) is 5.58. The summed E-state index contributed by atoms with van der Waals surface area (Å²) in [5.41, 5.74) is 2.86. The highest BCUT2D eigenvalue weighted by Crippen LogP contribution is 2.25. The number of nitrogens with one attached hydrogen (secondary N) is 1. The van der Waals surface area contributed by atoms with Crippen molar-refractivity contribution in [3.05, 3.63) is 59.1 Å². The van der Waals surface area contributed by atoms with E-state index in [2.05, 4.69) is 15.5 Å². The number of hydrogen-bond donors (Lipinski definition) is 1. The Morgan fingerprint density at radius 1 is 1.13 bits per heavy atom. The lowest BCUT2D eigenvalue weighted by molar-refractivity contribution is -0.113. The first-order chi connectivity index (χ1) is 14.6. The minimum Gasteiger partial charge on any atom is -0.382 e. The number of anilines is 1. The highest BCUT2D eigenvalue weighted by molar-refractivity contribution is 7.99. The molecular formula is C22H25ClN4O2S. The molecule has 0 radical (unpaired) electrons. The second-order valence-electron chi connectivity index (χ2n) is 6.72. The summed E-state index contributed by atoms with van der Waals surface area (Å²) >= 11 is 7.38. The number of carbonyl (C=O) groups is 1. The van der Waals surface area contributed by atoms with E-state index < -0.39 is 0 Å². The largest absolute Gasteiger partial charge is 0.382 e. The Kier molecular flexibility index (Phi) is 8.30. The van der Waals surface area contributed by atoms with Gasteiger partial charge in [-0.05, 0) is 56.7 Å². The fourth-order valence-electron chi connectivity index (χ4n) is 2.84. The van der Waals surface area contributed by atoms with E-state index in [1.807, 2.05) is 66.9 Å². The molecule has 6 nitrogen and oxygen atoms in total. The van der Waals surface area contributed by atoms with Gasteiger partial charge in [-0.2, -0.15) is 0 Å². The van der Waals surface area contributed by atoms with Crippen molar-refractivity contribution in [1.82, 2.24) is 14.8 Å². The molecule has 158 valence electrons. The number of thioether (sulfide) groups is 1. The van der Waals surface area contributed by atoms with Gasteiger partial charge in [-0.25, -0.2) is 0 Å². The van der Waals surface area contributed by atoms with Gasteiger partial charge < -0.3 is 14.6 Å². The Morgan fingerprint density at radius 3 is 2.57 bits per heavy atom. The zero-order chi connectivity index (χ0) is 21.3. The van der Waals surface area contributed by atoms with E-state index in [0.29, 0.717) is 29.9 Å². The van der Waals surface area contributed by atoms with Crippen LogP contribution in [0, 0.1) is 6.92 Å². The van der Waals surface area contributed by atoms with Gasteiger partial charge in [0.15, 0.2) is 11.0 Å². The molecule has 0 aliphatic rings. The molecule has 0 fully saturated rings. The summed E-state index contributed by atoms with van der Waals surface area (Å²) in [6, 6.07) is 15.2. The molecule has 0 saturated carbocycles. The molecule has 1 N–H and O–H groups in total. The van der Waals surface area contributed by atoms with Gasteiger partial charge in [0.2, 0.25) is 5.91 Å². The van der Waals surface area contributed by atoms with Gasteiger partial charge in [-0.15, -0.1) is 10.2 Å². The van der Waals surface area contributed by atoms with Crippen LogP contribution >= 0.6 is 23.4 Å². The fourth-order valence-corrected chi connectivity index (χ4v) is 3.73. The lowest BCUT2D eigenvalue weighted by atomic mass is 10.2. The third kappa shape index (κ3) is 6.32. The van der Waals surface area contributed by atoms with Crippen molar-refractivity contribution >= 4 is 35.0 Å². The number of benzene rings is 2. The SMILES string of the molecule is CCOCCCn1c(SCC(=O)Nc2ccc(C)cc2)nnc1-c1ccc(Cl)cc1. The molecule has 8 heteroatoms. The minimum absolute atomic E-state index is 0.0826. The Balaban J connectivity index is 1.70. The second-order valence-corrected chi connectivity index (χ2v) is 8.10. The van der Waals surface area contributed by atoms with E-state index in [4.69, 9.17) is 16.3 Å². The van der Waals surface area contributed by atoms with Crippen LogP contribution in [0.5, 0.6) is 0 Å². The standard InChI is InChI=1S/C22H25ClN4O2S/c1-3-29-14-4-13-27-21(17-7-9-18(23)10-8-17)25-26-22(27)30-15-20(28)24-19-11-5-16(2)6-12-19/h5-12H,3-4,13-15H2,1-2H3,(H,24,28). The zero-order valence-electron chi connectivity index (χ0n) is 17.1. The number of nitrogens with zero attached hydrogens (tertiary/aromatic N) is 3. The van der Waals surface area contributed by atoms with Crippen molar-refractivity contribution in [3.63, 3.8) is 0 Å². The molecule has 3 rings (SSSR count). The Labute approximate surface area is 186 Å². The van der Waals surface area contributed by atoms with Crippen LogP contribution < -0.4 is 5.32 Å². The normalized spacial score (nSPS) is 10.9. The molecule has 0 saturated heterocycles. The number of rotatable bonds is 10. The monoisotopic (exact) mass is 444 g/mol. The summed E-state index contributed by atoms with van der Waals surface area (Å²) in [5.74, 6) is 0.920. The quantitative estimate of drug-likeness (QED) is 0.349. The van der Waals surface area contributed by atoms with Crippen molar-refractivity contribution in [2.45, 2.75) is 32.0 Å². The lowest BCUT2D eigenvalue weighted by Gasteiger charge is -2.11. The minimum atomic E-state index is -0.0826. The molecule has 0 spiro atoms. The average molecular weight is 445 g/mol. The maximum atomic E-state index is 12.4. The number of amides is 1. The first-order valence-electron chi connectivity index (χ1n) is 9.83. The molecule has 1 heterocycles. The lowest BCUT2D eigenvalue weighted by Crippen LogP contribution is -2.15. The third-order valence-electron chi connectivity index (χ3n) is 4.36. The number of ether oxygens (including phenoxy) is 1. The number of carbonyl (C=O) groups excluding carboxylic acids is 1. The van der Waals surface area contributed by atoms with Gasteiger partial charge in [-0.3, -0.25) is 4.79 Å². The van der Waals surface area contributed by atoms with E-state index in [0.717, 1.165) is 29.1 Å². The maximum Gasteiger partial charge on any atom is 0.234 e. The van der Waals surface area contributed by atoms with Gasteiger partial charge in [0, 0.05) is 36.0 Å². The van der Waals surface area contributed by atoms with Gasteiger partial charge in [-0.1, -0.05) is 41.1 Å². The predicted octanol–water partition coefficient (Wildman–Crippen LogP) is 5.06. The molecular weight excluding hydrogens is 420 g/mol. The summed E-state index contributed by atoms with van der Waals surface area (Å²) in [5, 5.41) is 13.0. The average Bonchev–Trinajstić information content (AvgIpc) is 3.15. The second kappa shape index (κ2) is 11.2. The number of halogens is 1. The first-order valence-corrected chi connectivity index (χ1v) is 11.2. The summed E-state index contributed by atoms with van der Waals surface area (Å²) in [6.45, 7) is 6.04. The molecule has 1 aromatic heterocycles. The van der Waals surface area contributed by atoms with Crippen molar-refractivity contribution < 1.29 is 9.53 Å². The van der Waals surface area contributed by atoms with Crippen LogP contribution in [0.15, 0.2) is 53.7 Å². The smallest absolute Gasteiger partial charge is 0.234 e. The zero-order valence-corrected chi connectivity index (χ0v) is 18.7. The van der Waals surface area contributed by atoms with E-state index in [1.54, 1.807) is 0 Å². The topological polar surface area (TPSA) is 69.0 Å². The van der Waals surface area contributed by atoms with E-state index in [1.165, 1.54) is 11.8 Å². The summed E-state index contributed by atoms with van der Waals surface area (Å²) < 4.78 is 7.50. The van der Waals surface area contributed by atoms with E-state index in [9.17, 15) is 4.79 Å². The molecule has 2 aromatic carbocycles. The molecule has 0 aliphatic carbocycles. The van der Waals surface area contributed by atoms with Crippen molar-refractivity contribution in [2.24, 2.45) is 0 Å². The van der Waals surface area contributed by atoms with Crippen molar-refractivity contribution in [2.75, 3.05) is 24.3 Å². The number of aromatic nitrogens is 3. The number of aryl methyl sites for hydroxylation is 1. The molecule has 3 aromatic rings. The van der Waals surface area contributed by atoms with Gasteiger partial charge >= 0.3 is 0 Å². The maximum absolute atomic E-state index is 12.4. The van der Waals surface area contributed by atoms with Gasteiger partial charge in [0.1, 0.15) is 0 Å². The molecule has 1 amide bonds. The summed E-state index contributed by atoms with van der Waals surface area (Å²) in [4.78, 5) is 12.4. The van der Waals surface area contributed by atoms with Crippen molar-refractivity contribution in [3.8, 4) is 11.4 Å². The Hall–Kier alpha value is -2.35. The molecule has 0 unspecified atom stereocenters. The van der Waals surface area contributed by atoms with Crippen LogP contribution in [-0.2, 0) is 16.1 Å². The fraction of sp³-hybridized carbons (Fsp3) is 0.318. The highest BCUT2D eigenvalue weighted by atomic mass is 35.5. The van der Waals surface area contributed by atoms with Crippen LogP contribution in [-0.4, -0.2) is 39.6 Å². The highest BCUT2D eigenvalue weighted by Gasteiger charge is 2.16. The Morgan fingerprint density at radius 2 is 1.87 bits per heavy atom. The summed E-state index contributed by atoms with van der Waals surface area (Å²) in [7, 11) is 0. The molecule has 0 atom stereocenters. The molecule has 30 heavy (non-hydrogen) atoms. The molecule has 0 aliphatic heterocycles. The Bertz CT molecular complexity index is 958. The molecule has 0 bridgehead atoms. The van der Waals surface area contributed by atoms with Crippen LogP contribution in [0.1, 0.15) is 18.9 Å². The van der Waals surface area contributed by atoms with Crippen LogP contribution in [0.2, 0.25) is 5.02 Å². The van der Waals surface area contributed by atoms with E-state index in [-0.39, 0.29) is 11.7 Å². The van der Waals surface area contributed by atoms with Crippen LogP contribution in [0.25, 0.3) is 11.4 Å². The number of hydrogen-bond acceptors (Lipinski definition) is 5. The van der Waals surface area contributed by atoms with Crippen LogP contribution in [0.3, 0.4) is 0 Å². The van der Waals surface area contributed by atoms with Gasteiger partial charge in [0.25, 0.3) is 0 Å². The predicted molar refractivity (Wildman–Crippen MR) is 122 cm³/mol. The summed E-state index contributed by atoms with van der Waals surface area (Å²) in [6.07, 6.45) is 0.829.